The molecule has 1 N–H and O–H groups in total. The van der Waals surface area contributed by atoms with Crippen molar-refractivity contribution < 1.29 is 4.79 Å². The van der Waals surface area contributed by atoms with Gasteiger partial charge in [0.1, 0.15) is 0 Å². The van der Waals surface area contributed by atoms with Crippen molar-refractivity contribution in [2.24, 2.45) is 0 Å². The molecule has 0 aliphatic carbocycles. The highest BCUT2D eigenvalue weighted by atomic mass is 16.1. The molecule has 0 spiro atoms. The number of aromatic nitrogens is 2. The molecule has 0 saturated carbocycles. The SMILES string of the molecule is CCc1c(C(=O)NCCc2ccccc2)cnn1-c1ccc(C)cc1. The fourth-order valence-corrected chi connectivity index (χ4v) is 2.87. The fourth-order valence-electron chi connectivity index (χ4n) is 2.87. The van der Waals surface area contributed by atoms with Crippen molar-refractivity contribution in [2.45, 2.75) is 26.7 Å². The molecule has 4 heteroatoms. The Kier molecular flexibility index (Phi) is 5.29. The summed E-state index contributed by atoms with van der Waals surface area (Å²) >= 11 is 0. The van der Waals surface area contributed by atoms with Crippen molar-refractivity contribution in [1.82, 2.24) is 15.1 Å². The summed E-state index contributed by atoms with van der Waals surface area (Å²) in [6, 6.07) is 18.3. The Morgan fingerprint density at radius 2 is 1.80 bits per heavy atom. The number of rotatable bonds is 6. The molecule has 3 rings (SSSR count). The maximum atomic E-state index is 12.5. The molecular formula is C21H23N3O. The van der Waals surface area contributed by atoms with Crippen LogP contribution >= 0.6 is 0 Å². The van der Waals surface area contributed by atoms with E-state index >= 15 is 0 Å². The Morgan fingerprint density at radius 3 is 2.48 bits per heavy atom. The summed E-state index contributed by atoms with van der Waals surface area (Å²) in [6.45, 7) is 4.71. The van der Waals surface area contributed by atoms with Crippen LogP contribution in [0.25, 0.3) is 5.69 Å². The molecule has 0 bridgehead atoms. The van der Waals surface area contributed by atoms with Crippen LogP contribution in [0.5, 0.6) is 0 Å². The number of amides is 1. The third kappa shape index (κ3) is 3.97. The second-order valence-corrected chi connectivity index (χ2v) is 6.10. The topological polar surface area (TPSA) is 46.9 Å². The molecule has 0 atom stereocenters. The zero-order valence-electron chi connectivity index (χ0n) is 14.7. The van der Waals surface area contributed by atoms with Crippen molar-refractivity contribution in [3.05, 3.63) is 83.2 Å². The summed E-state index contributed by atoms with van der Waals surface area (Å²) in [5, 5.41) is 7.43. The van der Waals surface area contributed by atoms with E-state index in [1.807, 2.05) is 41.9 Å². The van der Waals surface area contributed by atoms with Crippen LogP contribution in [0.2, 0.25) is 0 Å². The van der Waals surface area contributed by atoms with Gasteiger partial charge in [0.25, 0.3) is 5.91 Å². The second-order valence-electron chi connectivity index (χ2n) is 6.10. The molecule has 3 aromatic rings. The molecule has 0 fully saturated rings. The van der Waals surface area contributed by atoms with E-state index in [9.17, 15) is 4.79 Å². The molecule has 4 nitrogen and oxygen atoms in total. The molecular weight excluding hydrogens is 310 g/mol. The Balaban J connectivity index is 1.71. The highest BCUT2D eigenvalue weighted by Gasteiger charge is 2.16. The minimum Gasteiger partial charge on any atom is -0.352 e. The van der Waals surface area contributed by atoms with Gasteiger partial charge in [0, 0.05) is 6.54 Å². The molecule has 0 unspecified atom stereocenters. The summed E-state index contributed by atoms with van der Waals surface area (Å²) in [5.74, 6) is -0.0638. The summed E-state index contributed by atoms with van der Waals surface area (Å²) in [5.41, 5.74) is 4.98. The number of aryl methyl sites for hydroxylation is 1. The van der Waals surface area contributed by atoms with Gasteiger partial charge in [0.15, 0.2) is 0 Å². The van der Waals surface area contributed by atoms with E-state index in [-0.39, 0.29) is 5.91 Å². The predicted octanol–water partition coefficient (Wildman–Crippen LogP) is 3.72. The number of nitrogens with one attached hydrogen (secondary N) is 1. The van der Waals surface area contributed by atoms with E-state index < -0.39 is 0 Å². The van der Waals surface area contributed by atoms with Gasteiger partial charge in [-0.25, -0.2) is 4.68 Å². The first-order valence-electron chi connectivity index (χ1n) is 8.65. The Morgan fingerprint density at radius 1 is 1.08 bits per heavy atom. The maximum absolute atomic E-state index is 12.5. The molecule has 1 amide bonds. The molecule has 25 heavy (non-hydrogen) atoms. The largest absolute Gasteiger partial charge is 0.352 e. The van der Waals surface area contributed by atoms with Gasteiger partial charge in [-0.15, -0.1) is 0 Å². The molecule has 1 aromatic heterocycles. The molecule has 2 aromatic carbocycles. The van der Waals surface area contributed by atoms with E-state index in [4.69, 9.17) is 0 Å². The van der Waals surface area contributed by atoms with Crippen LogP contribution in [0.3, 0.4) is 0 Å². The second kappa shape index (κ2) is 7.79. The van der Waals surface area contributed by atoms with Gasteiger partial charge in [-0.2, -0.15) is 5.10 Å². The Labute approximate surface area is 148 Å². The van der Waals surface area contributed by atoms with Gasteiger partial charge in [-0.05, 0) is 37.5 Å². The lowest BCUT2D eigenvalue weighted by atomic mass is 10.1. The van der Waals surface area contributed by atoms with Crippen molar-refractivity contribution in [2.75, 3.05) is 6.54 Å². The van der Waals surface area contributed by atoms with Crippen molar-refractivity contribution in [3.8, 4) is 5.69 Å². The van der Waals surface area contributed by atoms with Gasteiger partial charge in [-0.1, -0.05) is 55.0 Å². The Hall–Kier alpha value is -2.88. The average Bonchev–Trinajstić information content (AvgIpc) is 3.07. The minimum absolute atomic E-state index is 0.0638. The molecule has 0 saturated heterocycles. The lowest BCUT2D eigenvalue weighted by Gasteiger charge is -2.09. The van der Waals surface area contributed by atoms with Crippen molar-refractivity contribution in [1.29, 1.82) is 0 Å². The van der Waals surface area contributed by atoms with E-state index in [1.165, 1.54) is 11.1 Å². The number of carbonyl (C=O) groups is 1. The maximum Gasteiger partial charge on any atom is 0.254 e. The van der Waals surface area contributed by atoms with Crippen LogP contribution in [-0.2, 0) is 12.8 Å². The van der Waals surface area contributed by atoms with Gasteiger partial charge in [0.05, 0.1) is 23.1 Å². The number of hydrogen-bond acceptors (Lipinski definition) is 2. The summed E-state index contributed by atoms with van der Waals surface area (Å²) in [7, 11) is 0. The lowest BCUT2D eigenvalue weighted by molar-refractivity contribution is 0.0953. The van der Waals surface area contributed by atoms with E-state index in [1.54, 1.807) is 6.20 Å². The third-order valence-electron chi connectivity index (χ3n) is 4.27. The van der Waals surface area contributed by atoms with Crippen LogP contribution in [-0.4, -0.2) is 22.2 Å². The Bertz CT molecular complexity index is 835. The molecule has 0 aliphatic heterocycles. The summed E-state index contributed by atoms with van der Waals surface area (Å²) in [4.78, 5) is 12.5. The van der Waals surface area contributed by atoms with E-state index in [0.29, 0.717) is 12.1 Å². The number of hydrogen-bond donors (Lipinski definition) is 1. The van der Waals surface area contributed by atoms with Gasteiger partial charge in [-0.3, -0.25) is 4.79 Å². The monoisotopic (exact) mass is 333 g/mol. The van der Waals surface area contributed by atoms with Crippen molar-refractivity contribution >= 4 is 5.91 Å². The normalized spacial score (nSPS) is 10.6. The highest BCUT2D eigenvalue weighted by molar-refractivity contribution is 5.95. The zero-order valence-corrected chi connectivity index (χ0v) is 14.7. The van der Waals surface area contributed by atoms with Crippen LogP contribution in [0.1, 0.15) is 34.1 Å². The predicted molar refractivity (Wildman–Crippen MR) is 100 cm³/mol. The first-order chi connectivity index (χ1) is 12.2. The third-order valence-corrected chi connectivity index (χ3v) is 4.27. The highest BCUT2D eigenvalue weighted by Crippen LogP contribution is 2.16. The average molecular weight is 333 g/mol. The van der Waals surface area contributed by atoms with Gasteiger partial charge < -0.3 is 5.32 Å². The quantitative estimate of drug-likeness (QED) is 0.747. The molecule has 0 radical (unpaired) electrons. The zero-order chi connectivity index (χ0) is 17.6. The van der Waals surface area contributed by atoms with Gasteiger partial charge in [0.2, 0.25) is 0 Å². The van der Waals surface area contributed by atoms with E-state index in [0.717, 1.165) is 24.2 Å². The number of nitrogens with zero attached hydrogens (tertiary/aromatic N) is 2. The molecule has 1 heterocycles. The first-order valence-corrected chi connectivity index (χ1v) is 8.65. The smallest absolute Gasteiger partial charge is 0.254 e. The van der Waals surface area contributed by atoms with Crippen LogP contribution in [0.15, 0.2) is 60.8 Å². The van der Waals surface area contributed by atoms with Crippen LogP contribution in [0.4, 0.5) is 0 Å². The first kappa shape index (κ1) is 17.0. The summed E-state index contributed by atoms with van der Waals surface area (Å²) in [6.07, 6.45) is 3.23. The van der Waals surface area contributed by atoms with Crippen LogP contribution < -0.4 is 5.32 Å². The van der Waals surface area contributed by atoms with Crippen LogP contribution in [0, 0.1) is 6.92 Å². The van der Waals surface area contributed by atoms with Crippen molar-refractivity contribution in [3.63, 3.8) is 0 Å². The number of carbonyl (C=O) groups excluding carboxylic acids is 1. The molecule has 128 valence electrons. The molecule has 0 aliphatic rings. The number of benzene rings is 2. The summed E-state index contributed by atoms with van der Waals surface area (Å²) < 4.78 is 1.85. The standard InChI is InChI=1S/C21H23N3O/c1-3-20-19(15-23-24(20)18-11-9-16(2)10-12-18)21(25)22-14-13-17-7-5-4-6-8-17/h4-12,15H,3,13-14H2,1-2H3,(H,22,25). The lowest BCUT2D eigenvalue weighted by Crippen LogP contribution is -2.26. The minimum atomic E-state index is -0.0638. The van der Waals surface area contributed by atoms with Gasteiger partial charge >= 0.3 is 0 Å². The fraction of sp³-hybridized carbons (Fsp3) is 0.238. The van der Waals surface area contributed by atoms with E-state index in [2.05, 4.69) is 41.6 Å².